The highest BCUT2D eigenvalue weighted by Crippen LogP contribution is 2.25. The van der Waals surface area contributed by atoms with E-state index < -0.39 is 5.97 Å². The van der Waals surface area contributed by atoms with Crippen LogP contribution in [-0.4, -0.2) is 36.1 Å². The van der Waals surface area contributed by atoms with Crippen LogP contribution in [-0.2, 0) is 4.79 Å². The lowest BCUT2D eigenvalue weighted by Crippen LogP contribution is -2.55. The van der Waals surface area contributed by atoms with Gasteiger partial charge in [-0.05, 0) is 24.6 Å². The molecule has 1 amide bonds. The van der Waals surface area contributed by atoms with Crippen molar-refractivity contribution in [2.75, 3.05) is 23.7 Å². The molecule has 1 aromatic rings. The van der Waals surface area contributed by atoms with Crippen LogP contribution in [0.5, 0.6) is 0 Å². The van der Waals surface area contributed by atoms with Crippen LogP contribution in [0.1, 0.15) is 23.7 Å². The van der Waals surface area contributed by atoms with Crippen molar-refractivity contribution in [3.8, 4) is 0 Å². The van der Waals surface area contributed by atoms with Gasteiger partial charge >= 0.3 is 5.97 Å². The minimum atomic E-state index is -1.06. The third-order valence-corrected chi connectivity index (χ3v) is 3.32. The van der Waals surface area contributed by atoms with Gasteiger partial charge in [0, 0.05) is 24.5 Å². The number of rotatable bonds is 3. The molecule has 1 aliphatic rings. The van der Waals surface area contributed by atoms with Gasteiger partial charge in [-0.25, -0.2) is 4.79 Å². The van der Waals surface area contributed by atoms with Crippen molar-refractivity contribution in [2.24, 2.45) is 0 Å². The molecule has 4 N–H and O–H groups in total. The normalized spacial score (nSPS) is 19.1. The molecule has 6 heteroatoms. The molecule has 1 unspecified atom stereocenters. The van der Waals surface area contributed by atoms with Gasteiger partial charge in [0.05, 0.1) is 5.56 Å². The highest BCUT2D eigenvalue weighted by Gasteiger charge is 2.28. The molecule has 1 heterocycles. The van der Waals surface area contributed by atoms with Gasteiger partial charge in [-0.1, -0.05) is 6.92 Å². The number of anilines is 2. The summed E-state index contributed by atoms with van der Waals surface area (Å²) in [7, 11) is 0. The first-order valence-corrected chi connectivity index (χ1v) is 6.21. The molecule has 0 spiro atoms. The average Bonchev–Trinajstić information content (AvgIpc) is 2.38. The van der Waals surface area contributed by atoms with Crippen LogP contribution in [0.25, 0.3) is 0 Å². The summed E-state index contributed by atoms with van der Waals surface area (Å²) in [6.45, 7) is 3.15. The number of amides is 1. The summed E-state index contributed by atoms with van der Waals surface area (Å²) in [6, 6.07) is 4.58. The quantitative estimate of drug-likeness (QED) is 0.697. The van der Waals surface area contributed by atoms with Crippen molar-refractivity contribution in [1.82, 2.24) is 5.32 Å². The SMILES string of the molecule is CCC1C(=O)NCCN1c1ccc(N)c(C(=O)O)c1. The van der Waals surface area contributed by atoms with Crippen molar-refractivity contribution in [1.29, 1.82) is 0 Å². The third-order valence-electron chi connectivity index (χ3n) is 3.32. The van der Waals surface area contributed by atoms with Gasteiger partial charge in [0.25, 0.3) is 0 Å². The summed E-state index contributed by atoms with van der Waals surface area (Å²) in [4.78, 5) is 24.8. The number of carboxylic acids is 1. The Kier molecular flexibility index (Phi) is 3.59. The van der Waals surface area contributed by atoms with Gasteiger partial charge < -0.3 is 21.1 Å². The lowest BCUT2D eigenvalue weighted by atomic mass is 10.1. The number of nitrogen functional groups attached to an aromatic ring is 1. The maximum absolute atomic E-state index is 11.8. The summed E-state index contributed by atoms with van der Waals surface area (Å²) in [5.41, 5.74) is 6.65. The minimum absolute atomic E-state index is 0.0255. The number of carbonyl (C=O) groups excluding carboxylic acids is 1. The molecule has 1 saturated heterocycles. The Labute approximate surface area is 111 Å². The van der Waals surface area contributed by atoms with E-state index in [0.717, 1.165) is 0 Å². The zero-order valence-corrected chi connectivity index (χ0v) is 10.7. The van der Waals surface area contributed by atoms with Crippen molar-refractivity contribution in [2.45, 2.75) is 19.4 Å². The Morgan fingerprint density at radius 2 is 2.32 bits per heavy atom. The number of nitrogens with zero attached hydrogens (tertiary/aromatic N) is 1. The number of carboxylic acid groups (broad SMARTS) is 1. The Morgan fingerprint density at radius 1 is 1.58 bits per heavy atom. The fourth-order valence-corrected chi connectivity index (χ4v) is 2.34. The summed E-state index contributed by atoms with van der Waals surface area (Å²) in [6.07, 6.45) is 0.665. The topological polar surface area (TPSA) is 95.7 Å². The highest BCUT2D eigenvalue weighted by atomic mass is 16.4. The molecular formula is C13H17N3O3. The summed E-state index contributed by atoms with van der Waals surface area (Å²) >= 11 is 0. The number of nitrogens with two attached hydrogens (primary N) is 1. The van der Waals surface area contributed by atoms with Gasteiger partial charge in [0.15, 0.2) is 0 Å². The molecule has 1 aliphatic heterocycles. The second-order valence-corrected chi connectivity index (χ2v) is 4.49. The fraction of sp³-hybridized carbons (Fsp3) is 0.385. The molecule has 0 aromatic heterocycles. The van der Waals surface area contributed by atoms with E-state index in [0.29, 0.717) is 25.2 Å². The van der Waals surface area contributed by atoms with E-state index in [1.165, 1.54) is 6.07 Å². The summed E-state index contributed by atoms with van der Waals surface area (Å²) in [5, 5.41) is 11.9. The minimum Gasteiger partial charge on any atom is -0.478 e. The Bertz CT molecular complexity index is 516. The number of hydrogen-bond acceptors (Lipinski definition) is 4. The molecule has 0 aliphatic carbocycles. The van der Waals surface area contributed by atoms with Crippen LogP contribution >= 0.6 is 0 Å². The second-order valence-electron chi connectivity index (χ2n) is 4.49. The molecule has 1 atom stereocenters. The molecule has 102 valence electrons. The molecule has 19 heavy (non-hydrogen) atoms. The fourth-order valence-electron chi connectivity index (χ4n) is 2.34. The number of piperazine rings is 1. The van der Waals surface area contributed by atoms with Crippen LogP contribution in [0.3, 0.4) is 0 Å². The summed E-state index contributed by atoms with van der Waals surface area (Å²) < 4.78 is 0. The van der Waals surface area contributed by atoms with E-state index >= 15 is 0 Å². The molecule has 6 nitrogen and oxygen atoms in total. The van der Waals surface area contributed by atoms with Crippen molar-refractivity contribution in [3.05, 3.63) is 23.8 Å². The van der Waals surface area contributed by atoms with Gasteiger partial charge in [0.2, 0.25) is 5.91 Å². The van der Waals surface area contributed by atoms with Crippen LogP contribution < -0.4 is 16.0 Å². The number of benzene rings is 1. The monoisotopic (exact) mass is 263 g/mol. The van der Waals surface area contributed by atoms with Crippen LogP contribution in [0.15, 0.2) is 18.2 Å². The van der Waals surface area contributed by atoms with E-state index in [9.17, 15) is 9.59 Å². The predicted octanol–water partition coefficient (Wildman–Crippen LogP) is 0.682. The van der Waals surface area contributed by atoms with Crippen LogP contribution in [0.4, 0.5) is 11.4 Å². The molecule has 2 rings (SSSR count). The van der Waals surface area contributed by atoms with Crippen LogP contribution in [0.2, 0.25) is 0 Å². The molecule has 0 bridgehead atoms. The Hall–Kier alpha value is -2.24. The molecule has 0 radical (unpaired) electrons. The standard InChI is InChI=1S/C13H17N3O3/c1-2-11-12(17)15-5-6-16(11)8-3-4-10(14)9(7-8)13(18)19/h3-4,7,11H,2,5-6,14H2,1H3,(H,15,17)(H,18,19). The molecule has 1 fully saturated rings. The van der Waals surface area contributed by atoms with E-state index in [1.807, 2.05) is 11.8 Å². The largest absolute Gasteiger partial charge is 0.478 e. The third kappa shape index (κ3) is 2.47. The summed E-state index contributed by atoms with van der Waals surface area (Å²) in [5.74, 6) is -1.09. The van der Waals surface area contributed by atoms with Gasteiger partial charge in [-0.2, -0.15) is 0 Å². The number of aromatic carboxylic acids is 1. The van der Waals surface area contributed by atoms with Crippen molar-refractivity contribution >= 4 is 23.3 Å². The maximum atomic E-state index is 11.8. The second kappa shape index (κ2) is 5.17. The van der Waals surface area contributed by atoms with Crippen molar-refractivity contribution < 1.29 is 14.7 Å². The van der Waals surface area contributed by atoms with Gasteiger partial charge in [-0.15, -0.1) is 0 Å². The van der Waals surface area contributed by atoms with E-state index in [-0.39, 0.29) is 23.2 Å². The molecule has 1 aromatic carbocycles. The predicted molar refractivity (Wildman–Crippen MR) is 72.2 cm³/mol. The highest BCUT2D eigenvalue weighted by molar-refractivity contribution is 5.95. The first kappa shape index (κ1) is 13.2. The zero-order valence-electron chi connectivity index (χ0n) is 10.7. The number of carbonyl (C=O) groups is 2. The van der Waals surface area contributed by atoms with E-state index in [2.05, 4.69) is 5.32 Å². The van der Waals surface area contributed by atoms with Crippen molar-refractivity contribution in [3.63, 3.8) is 0 Å². The van der Waals surface area contributed by atoms with Gasteiger partial charge in [0.1, 0.15) is 6.04 Å². The number of nitrogens with one attached hydrogen (secondary N) is 1. The molecule has 0 saturated carbocycles. The number of hydrogen-bond donors (Lipinski definition) is 3. The average molecular weight is 263 g/mol. The first-order chi connectivity index (χ1) is 9.04. The zero-order chi connectivity index (χ0) is 14.0. The van der Waals surface area contributed by atoms with E-state index in [1.54, 1.807) is 12.1 Å². The first-order valence-electron chi connectivity index (χ1n) is 6.21. The Morgan fingerprint density at radius 3 is 2.95 bits per heavy atom. The molecular weight excluding hydrogens is 246 g/mol. The Balaban J connectivity index is 2.37. The van der Waals surface area contributed by atoms with Gasteiger partial charge in [-0.3, -0.25) is 4.79 Å². The van der Waals surface area contributed by atoms with E-state index in [4.69, 9.17) is 10.8 Å². The lowest BCUT2D eigenvalue weighted by molar-refractivity contribution is -0.123. The smallest absolute Gasteiger partial charge is 0.337 e. The lowest BCUT2D eigenvalue weighted by Gasteiger charge is -2.36. The van der Waals surface area contributed by atoms with Crippen LogP contribution in [0, 0.1) is 0 Å². The maximum Gasteiger partial charge on any atom is 0.337 e.